The number of hydrogen-bond acceptors (Lipinski definition) is 5. The number of hydrogen-bond donors (Lipinski definition) is 0. The largest absolute Gasteiger partial charge is 0.363 e. The van der Waals surface area contributed by atoms with E-state index in [9.17, 15) is 13.6 Å². The van der Waals surface area contributed by atoms with Crippen LogP contribution in [0.3, 0.4) is 0 Å². The maximum Gasteiger partial charge on any atom is 0.259 e. The SMILES string of the molecule is Cc1cc(N(C)C)nc(N2CCN(C(=O)c3c(F)cccc3F)CC2)n1. The van der Waals surface area contributed by atoms with Crippen molar-refractivity contribution in [2.45, 2.75) is 6.92 Å². The van der Waals surface area contributed by atoms with Crippen LogP contribution in [0.15, 0.2) is 24.3 Å². The van der Waals surface area contributed by atoms with Gasteiger partial charge in [-0.05, 0) is 19.1 Å². The zero-order chi connectivity index (χ0) is 18.8. The Morgan fingerprint density at radius 1 is 1.08 bits per heavy atom. The average molecular weight is 361 g/mol. The number of aromatic nitrogens is 2. The molecule has 0 bridgehead atoms. The van der Waals surface area contributed by atoms with Gasteiger partial charge in [0.15, 0.2) is 0 Å². The molecule has 138 valence electrons. The summed E-state index contributed by atoms with van der Waals surface area (Å²) in [7, 11) is 3.82. The van der Waals surface area contributed by atoms with Crippen molar-refractivity contribution in [2.24, 2.45) is 0 Å². The highest BCUT2D eigenvalue weighted by Gasteiger charge is 2.27. The Morgan fingerprint density at radius 3 is 2.27 bits per heavy atom. The lowest BCUT2D eigenvalue weighted by Gasteiger charge is -2.35. The van der Waals surface area contributed by atoms with E-state index in [1.165, 1.54) is 11.0 Å². The van der Waals surface area contributed by atoms with Crippen molar-refractivity contribution in [3.8, 4) is 0 Å². The van der Waals surface area contributed by atoms with Gasteiger partial charge in [-0.1, -0.05) is 6.07 Å². The molecule has 0 spiro atoms. The van der Waals surface area contributed by atoms with Crippen LogP contribution in [0.4, 0.5) is 20.5 Å². The second-order valence-electron chi connectivity index (χ2n) is 6.44. The average Bonchev–Trinajstić information content (AvgIpc) is 2.61. The number of carbonyl (C=O) groups is 1. The first-order chi connectivity index (χ1) is 12.4. The van der Waals surface area contributed by atoms with Crippen molar-refractivity contribution in [2.75, 3.05) is 50.1 Å². The number of piperazine rings is 1. The smallest absolute Gasteiger partial charge is 0.259 e. The summed E-state index contributed by atoms with van der Waals surface area (Å²) in [5.41, 5.74) is 0.355. The minimum absolute atomic E-state index is 0.348. The van der Waals surface area contributed by atoms with Gasteiger partial charge in [0, 0.05) is 52.0 Å². The lowest BCUT2D eigenvalue weighted by atomic mass is 10.1. The second kappa shape index (κ2) is 7.23. The van der Waals surface area contributed by atoms with Crippen LogP contribution in [-0.4, -0.2) is 61.0 Å². The quantitative estimate of drug-likeness (QED) is 0.838. The molecule has 2 aromatic rings. The fraction of sp³-hybridized carbons (Fsp3) is 0.389. The molecule has 1 aliphatic heterocycles. The Hall–Kier alpha value is -2.77. The lowest BCUT2D eigenvalue weighted by molar-refractivity contribution is 0.0736. The molecule has 8 heteroatoms. The van der Waals surface area contributed by atoms with Crippen LogP contribution in [0, 0.1) is 18.6 Å². The molecule has 0 aliphatic carbocycles. The third-order valence-corrected chi connectivity index (χ3v) is 4.31. The van der Waals surface area contributed by atoms with Crippen molar-refractivity contribution in [3.05, 3.63) is 47.2 Å². The van der Waals surface area contributed by atoms with Crippen LogP contribution in [-0.2, 0) is 0 Å². The molecule has 1 aliphatic rings. The van der Waals surface area contributed by atoms with Crippen molar-refractivity contribution in [1.82, 2.24) is 14.9 Å². The van der Waals surface area contributed by atoms with Crippen molar-refractivity contribution >= 4 is 17.7 Å². The number of nitrogens with zero attached hydrogens (tertiary/aromatic N) is 5. The van der Waals surface area contributed by atoms with Crippen molar-refractivity contribution in [1.29, 1.82) is 0 Å². The Bertz CT molecular complexity index is 799. The van der Waals surface area contributed by atoms with E-state index in [0.717, 1.165) is 23.6 Å². The van der Waals surface area contributed by atoms with Crippen LogP contribution >= 0.6 is 0 Å². The molecule has 1 fully saturated rings. The molecule has 2 heterocycles. The fourth-order valence-electron chi connectivity index (χ4n) is 2.88. The predicted octanol–water partition coefficient (Wildman–Crippen LogP) is 2.09. The molecule has 1 amide bonds. The van der Waals surface area contributed by atoms with Crippen LogP contribution in [0.25, 0.3) is 0 Å². The van der Waals surface area contributed by atoms with Crippen molar-refractivity contribution < 1.29 is 13.6 Å². The standard InChI is InChI=1S/C18H21F2N5O/c1-12-11-15(23(2)3)22-18(21-12)25-9-7-24(8-10-25)17(26)16-13(19)5-4-6-14(16)20/h4-6,11H,7-10H2,1-3H3. The molecule has 1 saturated heterocycles. The molecule has 0 N–H and O–H groups in total. The van der Waals surface area contributed by atoms with Crippen LogP contribution in [0.5, 0.6) is 0 Å². The Labute approximate surface area is 151 Å². The van der Waals surface area contributed by atoms with E-state index in [1.54, 1.807) is 0 Å². The summed E-state index contributed by atoms with van der Waals surface area (Å²) in [5.74, 6) is -0.901. The highest BCUT2D eigenvalue weighted by atomic mass is 19.1. The zero-order valence-corrected chi connectivity index (χ0v) is 15.0. The predicted molar refractivity (Wildman–Crippen MR) is 95.6 cm³/mol. The molecule has 0 unspecified atom stereocenters. The summed E-state index contributed by atoms with van der Waals surface area (Å²) in [5, 5.41) is 0. The summed E-state index contributed by atoms with van der Waals surface area (Å²) in [6, 6.07) is 5.33. The topological polar surface area (TPSA) is 52.6 Å². The van der Waals surface area contributed by atoms with E-state index in [-0.39, 0.29) is 0 Å². The van der Waals surface area contributed by atoms with Crippen LogP contribution in [0.2, 0.25) is 0 Å². The zero-order valence-electron chi connectivity index (χ0n) is 15.0. The third-order valence-electron chi connectivity index (χ3n) is 4.31. The number of aryl methyl sites for hydroxylation is 1. The summed E-state index contributed by atoms with van der Waals surface area (Å²) in [6.45, 7) is 3.59. The maximum absolute atomic E-state index is 13.8. The summed E-state index contributed by atoms with van der Waals surface area (Å²) < 4.78 is 27.7. The first-order valence-electron chi connectivity index (χ1n) is 8.38. The monoisotopic (exact) mass is 361 g/mol. The fourth-order valence-corrected chi connectivity index (χ4v) is 2.88. The number of halogens is 2. The molecule has 0 atom stereocenters. The first-order valence-corrected chi connectivity index (χ1v) is 8.38. The second-order valence-corrected chi connectivity index (χ2v) is 6.44. The van der Waals surface area contributed by atoms with Gasteiger partial charge < -0.3 is 14.7 Å². The van der Waals surface area contributed by atoms with E-state index in [2.05, 4.69) is 9.97 Å². The van der Waals surface area contributed by atoms with E-state index in [0.29, 0.717) is 32.1 Å². The highest BCUT2D eigenvalue weighted by molar-refractivity contribution is 5.95. The molecule has 1 aromatic heterocycles. The van der Waals surface area contributed by atoms with Gasteiger partial charge in [-0.2, -0.15) is 4.98 Å². The van der Waals surface area contributed by atoms with Gasteiger partial charge in [-0.25, -0.2) is 13.8 Å². The van der Waals surface area contributed by atoms with E-state index in [4.69, 9.17) is 0 Å². The van der Waals surface area contributed by atoms with E-state index in [1.807, 2.05) is 36.9 Å². The number of anilines is 2. The van der Waals surface area contributed by atoms with Gasteiger partial charge in [0.1, 0.15) is 23.0 Å². The van der Waals surface area contributed by atoms with Gasteiger partial charge >= 0.3 is 0 Å². The van der Waals surface area contributed by atoms with Gasteiger partial charge in [0.2, 0.25) is 5.95 Å². The van der Waals surface area contributed by atoms with E-state index >= 15 is 0 Å². The van der Waals surface area contributed by atoms with Crippen LogP contribution < -0.4 is 9.80 Å². The first kappa shape index (κ1) is 18.0. The van der Waals surface area contributed by atoms with Crippen LogP contribution in [0.1, 0.15) is 16.1 Å². The Kier molecular flexibility index (Phi) is 5.01. The molecule has 0 radical (unpaired) electrons. The van der Waals surface area contributed by atoms with Gasteiger partial charge in [-0.3, -0.25) is 4.79 Å². The summed E-state index contributed by atoms with van der Waals surface area (Å²) in [4.78, 5) is 26.8. The third kappa shape index (κ3) is 3.58. The maximum atomic E-state index is 13.8. The summed E-state index contributed by atoms with van der Waals surface area (Å²) >= 11 is 0. The minimum atomic E-state index is -0.838. The Morgan fingerprint density at radius 2 is 1.69 bits per heavy atom. The molecule has 6 nitrogen and oxygen atoms in total. The lowest BCUT2D eigenvalue weighted by Crippen LogP contribution is -2.49. The number of rotatable bonds is 3. The van der Waals surface area contributed by atoms with Gasteiger partial charge in [-0.15, -0.1) is 0 Å². The van der Waals surface area contributed by atoms with Crippen molar-refractivity contribution in [3.63, 3.8) is 0 Å². The number of carbonyl (C=O) groups excluding carboxylic acids is 1. The molecule has 3 rings (SSSR count). The van der Waals surface area contributed by atoms with Gasteiger partial charge in [0.05, 0.1) is 0 Å². The number of amides is 1. The molecule has 0 saturated carbocycles. The molecular weight excluding hydrogens is 340 g/mol. The number of benzene rings is 1. The summed E-state index contributed by atoms with van der Waals surface area (Å²) in [6.07, 6.45) is 0. The normalized spacial score (nSPS) is 14.5. The highest BCUT2D eigenvalue weighted by Crippen LogP contribution is 2.19. The van der Waals surface area contributed by atoms with E-state index < -0.39 is 23.1 Å². The molecule has 26 heavy (non-hydrogen) atoms. The molecular formula is C18H21F2N5O. The minimum Gasteiger partial charge on any atom is -0.363 e. The van der Waals surface area contributed by atoms with Gasteiger partial charge in [0.25, 0.3) is 5.91 Å². The molecule has 1 aromatic carbocycles. The Balaban J connectivity index is 1.73.